The van der Waals surface area contributed by atoms with Gasteiger partial charge in [-0.1, -0.05) is 6.92 Å². The quantitative estimate of drug-likeness (QED) is 0.518. The van der Waals surface area contributed by atoms with Gasteiger partial charge in [0.05, 0.1) is 5.60 Å². The summed E-state index contributed by atoms with van der Waals surface area (Å²) in [4.78, 5) is 0. The number of nitrogens with two attached hydrogens (primary N) is 1. The summed E-state index contributed by atoms with van der Waals surface area (Å²) in [6.45, 7) is 3.60. The highest BCUT2D eigenvalue weighted by molar-refractivity contribution is 4.84. The molecule has 2 unspecified atom stereocenters. The van der Waals surface area contributed by atoms with Crippen molar-refractivity contribution in [3.05, 3.63) is 0 Å². The van der Waals surface area contributed by atoms with Gasteiger partial charge in [0.15, 0.2) is 0 Å². The fourth-order valence-corrected chi connectivity index (χ4v) is 0.920. The minimum absolute atomic E-state index is 0.00806. The largest absolute Gasteiger partial charge is 0.396 e. The second-order valence-electron chi connectivity index (χ2n) is 2.72. The van der Waals surface area contributed by atoms with Crippen LogP contribution in [0.2, 0.25) is 0 Å². The van der Waals surface area contributed by atoms with Gasteiger partial charge in [-0.25, -0.2) is 0 Å². The highest BCUT2D eigenvalue weighted by atomic mass is 16.3. The molecule has 0 radical (unpaired) electrons. The molecule has 0 rings (SSSR count). The van der Waals surface area contributed by atoms with Crippen molar-refractivity contribution in [3.8, 4) is 0 Å². The van der Waals surface area contributed by atoms with Gasteiger partial charge in [-0.2, -0.15) is 0 Å². The Morgan fingerprint density at radius 1 is 1.60 bits per heavy atom. The fraction of sp³-hybridized carbons (Fsp3) is 1.00. The Morgan fingerprint density at radius 2 is 2.10 bits per heavy atom. The second-order valence-corrected chi connectivity index (χ2v) is 2.72. The van der Waals surface area contributed by atoms with Crippen molar-refractivity contribution in [2.75, 3.05) is 6.61 Å². The van der Waals surface area contributed by atoms with Crippen LogP contribution in [0.1, 0.15) is 26.7 Å². The molecular weight excluding hydrogens is 130 g/mol. The molecule has 0 heterocycles. The first-order valence-electron chi connectivity index (χ1n) is 3.65. The molecule has 0 aliphatic carbocycles. The Morgan fingerprint density at radius 3 is 2.20 bits per heavy atom. The zero-order valence-corrected chi connectivity index (χ0v) is 6.67. The van der Waals surface area contributed by atoms with E-state index in [1.54, 1.807) is 6.92 Å². The molecule has 0 spiro atoms. The zero-order chi connectivity index (χ0) is 8.20. The first-order chi connectivity index (χ1) is 4.56. The van der Waals surface area contributed by atoms with Gasteiger partial charge in [0.25, 0.3) is 0 Å². The van der Waals surface area contributed by atoms with Crippen LogP contribution < -0.4 is 5.73 Å². The summed E-state index contributed by atoms with van der Waals surface area (Å²) in [6, 6.07) is -0.273. The number of hydrogen-bond acceptors (Lipinski definition) is 3. The van der Waals surface area contributed by atoms with E-state index in [-0.39, 0.29) is 12.6 Å². The molecular formula is C7H17NO2. The number of aliphatic hydroxyl groups is 2. The highest BCUT2D eigenvalue weighted by Gasteiger charge is 2.28. The molecule has 0 saturated carbocycles. The third kappa shape index (κ3) is 2.25. The Hall–Kier alpha value is -0.120. The minimum Gasteiger partial charge on any atom is -0.396 e. The van der Waals surface area contributed by atoms with Gasteiger partial charge in [-0.05, 0) is 13.3 Å². The van der Waals surface area contributed by atoms with E-state index in [2.05, 4.69) is 0 Å². The molecule has 0 aromatic carbocycles. The predicted octanol–water partition coefficient (Wildman–Crippen LogP) is -0.143. The maximum absolute atomic E-state index is 9.61. The van der Waals surface area contributed by atoms with Crippen molar-refractivity contribution < 1.29 is 10.2 Å². The van der Waals surface area contributed by atoms with Gasteiger partial charge in [-0.15, -0.1) is 0 Å². The lowest BCUT2D eigenvalue weighted by atomic mass is 9.90. The van der Waals surface area contributed by atoms with Crippen molar-refractivity contribution in [1.29, 1.82) is 0 Å². The average molecular weight is 147 g/mol. The van der Waals surface area contributed by atoms with Crippen molar-refractivity contribution in [2.45, 2.75) is 38.3 Å². The van der Waals surface area contributed by atoms with Gasteiger partial charge < -0.3 is 15.9 Å². The smallest absolute Gasteiger partial charge is 0.0814 e. The topological polar surface area (TPSA) is 66.5 Å². The summed E-state index contributed by atoms with van der Waals surface area (Å²) >= 11 is 0. The molecule has 4 N–H and O–H groups in total. The first kappa shape index (κ1) is 9.88. The van der Waals surface area contributed by atoms with Crippen LogP contribution in [0.15, 0.2) is 0 Å². The molecule has 0 fully saturated rings. The maximum Gasteiger partial charge on any atom is 0.0814 e. The third-order valence-corrected chi connectivity index (χ3v) is 2.00. The molecule has 2 atom stereocenters. The number of hydrogen-bond donors (Lipinski definition) is 3. The Labute approximate surface area is 61.9 Å². The summed E-state index contributed by atoms with van der Waals surface area (Å²) in [6.07, 6.45) is 0.951. The van der Waals surface area contributed by atoms with Gasteiger partial charge >= 0.3 is 0 Å². The monoisotopic (exact) mass is 147 g/mol. The molecule has 0 bridgehead atoms. The van der Waals surface area contributed by atoms with Crippen LogP contribution >= 0.6 is 0 Å². The molecule has 0 aliphatic heterocycles. The molecule has 0 aliphatic rings. The van der Waals surface area contributed by atoms with Gasteiger partial charge in [-0.3, -0.25) is 0 Å². The van der Waals surface area contributed by atoms with E-state index < -0.39 is 5.60 Å². The zero-order valence-electron chi connectivity index (χ0n) is 6.67. The number of aliphatic hydroxyl groups excluding tert-OH is 1. The fourth-order valence-electron chi connectivity index (χ4n) is 0.920. The van der Waals surface area contributed by atoms with E-state index in [0.717, 1.165) is 0 Å². The van der Waals surface area contributed by atoms with Gasteiger partial charge in [0, 0.05) is 19.1 Å². The Bertz CT molecular complexity index is 95.6. The molecule has 10 heavy (non-hydrogen) atoms. The predicted molar refractivity (Wildman–Crippen MR) is 40.6 cm³/mol. The normalized spacial score (nSPS) is 20.1. The van der Waals surface area contributed by atoms with Crippen LogP contribution in [0.5, 0.6) is 0 Å². The van der Waals surface area contributed by atoms with E-state index >= 15 is 0 Å². The van der Waals surface area contributed by atoms with Crippen molar-refractivity contribution in [2.24, 2.45) is 5.73 Å². The molecule has 0 aromatic heterocycles. The highest BCUT2D eigenvalue weighted by Crippen LogP contribution is 2.17. The van der Waals surface area contributed by atoms with E-state index in [0.29, 0.717) is 12.8 Å². The van der Waals surface area contributed by atoms with Gasteiger partial charge in [0.1, 0.15) is 0 Å². The SMILES string of the molecule is CCC(O)(CCO)C(C)N. The standard InChI is InChI=1S/C7H17NO2/c1-3-7(10,4-5-9)6(2)8/h6,9-10H,3-5,8H2,1-2H3. The van der Waals surface area contributed by atoms with E-state index in [4.69, 9.17) is 10.8 Å². The average Bonchev–Trinajstić information content (AvgIpc) is 1.88. The summed E-state index contributed by atoms with van der Waals surface area (Å²) in [5.74, 6) is 0. The van der Waals surface area contributed by atoms with Crippen molar-refractivity contribution in [1.82, 2.24) is 0 Å². The molecule has 0 amide bonds. The minimum atomic E-state index is -0.880. The van der Waals surface area contributed by atoms with E-state index in [1.165, 1.54) is 0 Å². The van der Waals surface area contributed by atoms with Gasteiger partial charge in [0.2, 0.25) is 0 Å². The molecule has 0 aromatic rings. The summed E-state index contributed by atoms with van der Waals surface area (Å²) in [5.41, 5.74) is 4.63. The van der Waals surface area contributed by atoms with Crippen LogP contribution in [-0.2, 0) is 0 Å². The number of rotatable bonds is 4. The third-order valence-electron chi connectivity index (χ3n) is 2.00. The summed E-state index contributed by atoms with van der Waals surface area (Å²) in [5, 5.41) is 18.2. The van der Waals surface area contributed by atoms with Crippen LogP contribution in [0, 0.1) is 0 Å². The Balaban J connectivity index is 3.94. The van der Waals surface area contributed by atoms with Crippen LogP contribution in [-0.4, -0.2) is 28.5 Å². The second kappa shape index (κ2) is 3.91. The summed E-state index contributed by atoms with van der Waals surface area (Å²) < 4.78 is 0. The first-order valence-corrected chi connectivity index (χ1v) is 3.65. The lowest BCUT2D eigenvalue weighted by Crippen LogP contribution is -2.46. The lowest BCUT2D eigenvalue weighted by molar-refractivity contribution is -0.00614. The lowest BCUT2D eigenvalue weighted by Gasteiger charge is -2.29. The summed E-state index contributed by atoms with van der Waals surface area (Å²) in [7, 11) is 0. The molecule has 0 saturated heterocycles. The van der Waals surface area contributed by atoms with E-state index in [1.807, 2.05) is 6.92 Å². The van der Waals surface area contributed by atoms with E-state index in [9.17, 15) is 5.11 Å². The van der Waals surface area contributed by atoms with Crippen molar-refractivity contribution in [3.63, 3.8) is 0 Å². The van der Waals surface area contributed by atoms with Crippen LogP contribution in [0.25, 0.3) is 0 Å². The van der Waals surface area contributed by atoms with Crippen LogP contribution in [0.3, 0.4) is 0 Å². The maximum atomic E-state index is 9.61. The Kier molecular flexibility index (Phi) is 3.86. The molecule has 3 heteroatoms. The van der Waals surface area contributed by atoms with Crippen LogP contribution in [0.4, 0.5) is 0 Å². The van der Waals surface area contributed by atoms with Crippen molar-refractivity contribution >= 4 is 0 Å². The molecule has 3 nitrogen and oxygen atoms in total. The molecule has 62 valence electrons.